The van der Waals surface area contributed by atoms with Crippen molar-refractivity contribution in [3.8, 4) is 5.75 Å². The maximum absolute atomic E-state index is 12.2. The zero-order valence-corrected chi connectivity index (χ0v) is 82.5. The molecule has 0 heterocycles. The largest absolute Gasteiger partial charge is 0.497 e. The summed E-state index contributed by atoms with van der Waals surface area (Å²) in [5, 5.41) is 13.0. The van der Waals surface area contributed by atoms with Crippen molar-refractivity contribution in [2.24, 2.45) is 0 Å². The third-order valence-electron chi connectivity index (χ3n) is 20.8. The molecule has 0 saturated carbocycles. The van der Waals surface area contributed by atoms with Crippen molar-refractivity contribution in [1.29, 1.82) is 0 Å². The Labute approximate surface area is 814 Å². The van der Waals surface area contributed by atoms with Gasteiger partial charge in [-0.2, -0.15) is 27.4 Å². The number of sulfone groups is 1. The Bertz CT molecular complexity index is 5900. The zero-order valence-electron chi connectivity index (χ0n) is 80.8. The molecule has 0 radical (unpaired) electrons. The van der Waals surface area contributed by atoms with Gasteiger partial charge in [0.25, 0.3) is 29.5 Å². The number of likely N-dealkylation sites (N-methyl/N-ethyl adjacent to an activating group) is 1. The fourth-order valence-electron chi connectivity index (χ4n) is 13.2. The minimum Gasteiger partial charge on any atom is -0.497 e. The van der Waals surface area contributed by atoms with E-state index < -0.39 is 79.9 Å². The first-order chi connectivity index (χ1) is 65.9. The summed E-state index contributed by atoms with van der Waals surface area (Å²) < 4.78 is 53.1. The van der Waals surface area contributed by atoms with Crippen molar-refractivity contribution in [2.75, 3.05) is 148 Å². The molecule has 0 spiro atoms. The van der Waals surface area contributed by atoms with Crippen LogP contribution in [0.3, 0.4) is 0 Å². The summed E-state index contributed by atoms with van der Waals surface area (Å²) in [6.45, 7) is 36.6. The highest BCUT2D eigenvalue weighted by Crippen LogP contribution is 2.29. The van der Waals surface area contributed by atoms with Gasteiger partial charge in [-0.1, -0.05) is 79.7 Å². The zero-order chi connectivity index (χ0) is 101. The number of sulfonamides is 1. The number of ether oxygens (including phenoxy) is 1. The average Bonchev–Trinajstić information content (AvgIpc) is 0.834. The molecule has 10 aromatic carbocycles. The molecular formula is C101H130N16O20S2. The van der Waals surface area contributed by atoms with Crippen LogP contribution in [-0.4, -0.2) is 174 Å². The molecule has 10 rings (SSSR count). The first-order valence-corrected chi connectivity index (χ1v) is 48.5. The molecule has 38 heteroatoms. The summed E-state index contributed by atoms with van der Waals surface area (Å²) >= 11 is 0. The lowest BCUT2D eigenvalue weighted by atomic mass is 10.1. The van der Waals surface area contributed by atoms with E-state index in [2.05, 4.69) is 120 Å². The number of hydrogen-bond acceptors (Lipinski definition) is 25. The second-order valence-electron chi connectivity index (χ2n) is 30.6. The Hall–Kier alpha value is -15.4. The Morgan fingerprint density at radius 3 is 0.799 bits per heavy atom. The Kier molecular flexibility index (Phi) is 48.2. The number of aryl methyl sites for hydroxylation is 6. The smallest absolute Gasteiger partial charge is 0.436 e. The first kappa shape index (κ1) is 114. The van der Waals surface area contributed by atoms with Gasteiger partial charge in [0.2, 0.25) is 10.0 Å². The van der Waals surface area contributed by atoms with Gasteiger partial charge in [0.15, 0.2) is 0 Å². The van der Waals surface area contributed by atoms with E-state index in [4.69, 9.17) is 28.9 Å². The maximum Gasteiger partial charge on any atom is 0.436 e. The minimum atomic E-state index is -3.24. The SMILES string of the molecule is C.CCN(CC)c1ccc(NC(=O)ONC(=O)c2ccc(C)cc2)c(C)c1.CCN(CC)c1ccc(NC(=O)ONC(=O)c2ccc(OC)cc2)c(C)c1.CCN(CC)c1ccc(NC(=O)ONC(=O)c2ccccc2)c(C)c1.CCN(CC)c1ccc(NC(=O)ONC(=O)c2ccccc2)c(CCS(C)(=O)=O)c1.CCN(CCNS(C)(=O)=O)c1ccc(NC(=O)ONC(=O)c2ccccc2)c(C)c1. The second-order valence-corrected chi connectivity index (χ2v) is 34.7. The maximum atomic E-state index is 12.2. The third kappa shape index (κ3) is 39.8. The lowest BCUT2D eigenvalue weighted by Crippen LogP contribution is -2.34. The molecule has 0 aliphatic rings. The molecule has 139 heavy (non-hydrogen) atoms. The molecule has 746 valence electrons. The van der Waals surface area contributed by atoms with Gasteiger partial charge in [-0.25, -0.2) is 45.5 Å². The number of hydrogen-bond donors (Lipinski definition) is 11. The second kappa shape index (κ2) is 58.8. The Morgan fingerprint density at radius 2 is 0.547 bits per heavy atom. The average molecular weight is 1950 g/mol. The van der Waals surface area contributed by atoms with Gasteiger partial charge >= 0.3 is 30.5 Å². The molecule has 10 aromatic rings. The number of methoxy groups -OCH3 is 1. The van der Waals surface area contributed by atoms with Crippen LogP contribution in [0.2, 0.25) is 0 Å². The molecule has 11 N–H and O–H groups in total. The topological polar surface area (TPSA) is 443 Å². The van der Waals surface area contributed by atoms with Crippen LogP contribution in [0.15, 0.2) is 231 Å². The predicted molar refractivity (Wildman–Crippen MR) is 548 cm³/mol. The van der Waals surface area contributed by atoms with Gasteiger partial charge in [-0.3, -0.25) is 50.6 Å². The van der Waals surface area contributed by atoms with Crippen molar-refractivity contribution in [1.82, 2.24) is 32.1 Å². The summed E-state index contributed by atoms with van der Waals surface area (Å²) in [6.07, 6.45) is -1.44. The fourth-order valence-corrected chi connectivity index (χ4v) is 14.2. The molecule has 10 amide bonds. The van der Waals surface area contributed by atoms with Crippen molar-refractivity contribution in [3.05, 3.63) is 292 Å². The van der Waals surface area contributed by atoms with Gasteiger partial charge in [0.1, 0.15) is 15.6 Å². The highest BCUT2D eigenvalue weighted by atomic mass is 32.2. The minimum absolute atomic E-state index is 0. The number of benzene rings is 10. The highest BCUT2D eigenvalue weighted by molar-refractivity contribution is 7.90. The third-order valence-corrected chi connectivity index (χ3v) is 22.5. The first-order valence-electron chi connectivity index (χ1n) is 44.6. The van der Waals surface area contributed by atoms with Crippen LogP contribution < -0.4 is 87.9 Å². The summed E-state index contributed by atoms with van der Waals surface area (Å²) in [4.78, 5) is 154. The van der Waals surface area contributed by atoms with Crippen LogP contribution in [-0.2, 0) is 50.5 Å². The van der Waals surface area contributed by atoms with Crippen LogP contribution in [0.4, 0.5) is 80.8 Å². The standard InChI is InChI=1S/C21H27N3O5S.C20H26N4O5S.C20H25N3O4.C20H25N3O3.C19H23N3O3.CH4/c1-4-24(5-2)18-11-12-19(17(15-18)13-14-30(3,27)28)22-21(26)29-23-20(25)16-9-7-6-8-10-16;1-4-24(13-12-21-30(3,27)28)17-10-11-18(15(2)14-17)22-20(26)29-23-19(25)16-8-6-5-7-9-16;1-5-23(6-2)16-9-12-18(14(3)13-16)21-20(25)27-22-19(24)15-7-10-17(26-4)11-8-15;1-5-23(6-2)17-11-12-18(15(4)13-17)21-20(25)26-22-19(24)16-9-7-14(3)8-10-16;1-4-22(5-2)16-11-12-17(14(3)13-16)20-19(24)25-21-18(23)15-9-7-6-8-10-15;/h6-12,15H,4-5,13-14H2,1-3H3,(H,22,26)(H,23,25);5-11,14,21H,4,12-13H2,1-3H3,(H,22,26)(H,23,25);7-13H,5-6H2,1-4H3,(H,21,25)(H,22,24);7-13H,5-6H2,1-4H3,(H,21,25)(H,22,24);6-13H,4-5H2,1-3H3,(H,20,24)(H,21,23);1H4. The van der Waals surface area contributed by atoms with Gasteiger partial charge in [-0.05, 0) is 295 Å². The number of rotatable bonds is 32. The number of carbonyl (C=O) groups excluding carboxylic acids is 10. The molecule has 0 aliphatic heterocycles. The van der Waals surface area contributed by atoms with Gasteiger partial charge in [-0.15, -0.1) is 0 Å². The van der Waals surface area contributed by atoms with E-state index >= 15 is 0 Å². The van der Waals surface area contributed by atoms with E-state index in [1.54, 1.807) is 147 Å². The normalized spacial score (nSPS) is 10.4. The molecule has 0 aromatic heterocycles. The number of carbonyl (C=O) groups is 10. The van der Waals surface area contributed by atoms with Crippen LogP contribution in [0, 0.1) is 34.6 Å². The number of nitrogens with one attached hydrogen (secondary N) is 11. The van der Waals surface area contributed by atoms with E-state index in [0.29, 0.717) is 87.2 Å². The predicted octanol–water partition coefficient (Wildman–Crippen LogP) is 17.4. The van der Waals surface area contributed by atoms with E-state index in [1.165, 1.54) is 6.26 Å². The van der Waals surface area contributed by atoms with E-state index in [-0.39, 0.29) is 19.6 Å². The highest BCUT2D eigenvalue weighted by Gasteiger charge is 2.21. The van der Waals surface area contributed by atoms with E-state index in [1.807, 2.05) is 151 Å². The lowest BCUT2D eigenvalue weighted by molar-refractivity contribution is 0.0613. The number of anilines is 10. The number of nitrogens with zero attached hydrogens (tertiary/aromatic N) is 5. The van der Waals surface area contributed by atoms with Crippen molar-refractivity contribution < 1.29 is 93.7 Å². The van der Waals surface area contributed by atoms with Gasteiger partial charge < -0.3 is 53.4 Å². The molecule has 0 unspecified atom stereocenters. The Morgan fingerprint density at radius 1 is 0.302 bits per heavy atom. The molecule has 0 fully saturated rings. The lowest BCUT2D eigenvalue weighted by Gasteiger charge is -2.24. The van der Waals surface area contributed by atoms with Crippen molar-refractivity contribution in [3.63, 3.8) is 0 Å². The van der Waals surface area contributed by atoms with Crippen LogP contribution >= 0.6 is 0 Å². The van der Waals surface area contributed by atoms with E-state index in [9.17, 15) is 64.8 Å². The summed E-state index contributed by atoms with van der Waals surface area (Å²) in [5.74, 6) is -1.99. The van der Waals surface area contributed by atoms with Crippen molar-refractivity contribution >= 4 is 137 Å². The van der Waals surface area contributed by atoms with Crippen LogP contribution in [0.25, 0.3) is 0 Å². The summed E-state index contributed by atoms with van der Waals surface area (Å²) in [7, 11) is -4.87. The van der Waals surface area contributed by atoms with Gasteiger partial charge in [0.05, 0.1) is 19.1 Å². The van der Waals surface area contributed by atoms with Crippen LogP contribution in [0.1, 0.15) is 155 Å². The Balaban J connectivity index is 0.000000306. The molecule has 0 saturated heterocycles. The quantitative estimate of drug-likeness (QED) is 0.0138. The molecule has 0 atom stereocenters. The monoisotopic (exact) mass is 1950 g/mol. The molecule has 36 nitrogen and oxygen atoms in total. The molecule has 0 aliphatic carbocycles. The van der Waals surface area contributed by atoms with Gasteiger partial charge in [0, 0.05) is 163 Å². The number of hydroxylamine groups is 5. The number of amides is 10. The van der Waals surface area contributed by atoms with Crippen LogP contribution in [0.5, 0.6) is 5.75 Å². The van der Waals surface area contributed by atoms with Crippen molar-refractivity contribution in [2.45, 2.75) is 111 Å². The molecular weight excluding hydrogens is 1820 g/mol. The van der Waals surface area contributed by atoms with E-state index in [0.717, 1.165) is 115 Å². The summed E-state index contributed by atoms with van der Waals surface area (Å²) in [6, 6.07) is 66.8. The summed E-state index contributed by atoms with van der Waals surface area (Å²) in [5.41, 5.74) is 25.6. The fraction of sp³-hybridized carbons (Fsp3) is 0.307. The molecule has 0 bridgehead atoms.